The van der Waals surface area contributed by atoms with E-state index in [4.69, 9.17) is 9.47 Å². The number of rotatable bonds is 5. The number of piperidine rings is 1. The minimum atomic E-state index is 0.377. The standard InChI is InChI=1S/C20H36N4O2/c1-21-19(22-15-5-10-24(11-6-15)12-14-25-2)23-17-16-7-13-26-18(16)20(17)8-3-4-9-20/h15-18H,3-14H2,1-2H3,(H2,21,22,23). The summed E-state index contributed by atoms with van der Waals surface area (Å²) in [4.78, 5) is 7.06. The van der Waals surface area contributed by atoms with Crippen LogP contribution in [0.4, 0.5) is 0 Å². The van der Waals surface area contributed by atoms with Gasteiger partial charge in [-0.25, -0.2) is 0 Å². The molecule has 0 aromatic carbocycles. The smallest absolute Gasteiger partial charge is 0.191 e. The third kappa shape index (κ3) is 3.36. The van der Waals surface area contributed by atoms with Crippen LogP contribution in [0.15, 0.2) is 4.99 Å². The zero-order chi connectivity index (χ0) is 18.0. The molecule has 0 amide bonds. The lowest BCUT2D eigenvalue weighted by molar-refractivity contribution is -0.125. The van der Waals surface area contributed by atoms with Crippen molar-refractivity contribution in [3.8, 4) is 0 Å². The van der Waals surface area contributed by atoms with Crippen LogP contribution >= 0.6 is 0 Å². The monoisotopic (exact) mass is 364 g/mol. The number of aliphatic imine (C=N–C) groups is 1. The lowest BCUT2D eigenvalue weighted by Crippen LogP contribution is -2.69. The highest BCUT2D eigenvalue weighted by Gasteiger charge is 2.65. The summed E-state index contributed by atoms with van der Waals surface area (Å²) in [6, 6.07) is 1.07. The molecule has 6 nitrogen and oxygen atoms in total. The van der Waals surface area contributed by atoms with E-state index >= 15 is 0 Å². The Morgan fingerprint density at radius 3 is 2.65 bits per heavy atom. The van der Waals surface area contributed by atoms with Gasteiger partial charge < -0.3 is 25.0 Å². The lowest BCUT2D eigenvalue weighted by Gasteiger charge is -2.57. The van der Waals surface area contributed by atoms with Crippen molar-refractivity contribution in [1.29, 1.82) is 0 Å². The molecule has 148 valence electrons. The number of nitrogens with one attached hydrogen (secondary N) is 2. The van der Waals surface area contributed by atoms with Crippen LogP contribution in [-0.2, 0) is 9.47 Å². The molecular weight excluding hydrogens is 328 g/mol. The molecule has 2 saturated carbocycles. The highest BCUT2D eigenvalue weighted by atomic mass is 16.5. The van der Waals surface area contributed by atoms with E-state index in [9.17, 15) is 0 Å². The molecule has 26 heavy (non-hydrogen) atoms. The van der Waals surface area contributed by atoms with Crippen LogP contribution in [0.3, 0.4) is 0 Å². The van der Waals surface area contributed by atoms with Crippen molar-refractivity contribution in [3.05, 3.63) is 0 Å². The average molecular weight is 365 g/mol. The maximum absolute atomic E-state index is 6.11. The van der Waals surface area contributed by atoms with Crippen molar-refractivity contribution in [1.82, 2.24) is 15.5 Å². The van der Waals surface area contributed by atoms with E-state index in [2.05, 4.69) is 20.5 Å². The number of guanidine groups is 1. The molecule has 2 saturated heterocycles. The molecule has 2 aliphatic carbocycles. The Labute approximate surface area is 158 Å². The summed E-state index contributed by atoms with van der Waals surface area (Å²) >= 11 is 0. The molecule has 4 fully saturated rings. The van der Waals surface area contributed by atoms with Gasteiger partial charge in [0, 0.05) is 63.8 Å². The first-order valence-electron chi connectivity index (χ1n) is 10.6. The first kappa shape index (κ1) is 18.5. The molecule has 0 bridgehead atoms. The molecular formula is C20H36N4O2. The Morgan fingerprint density at radius 2 is 1.96 bits per heavy atom. The van der Waals surface area contributed by atoms with Crippen molar-refractivity contribution >= 4 is 5.96 Å². The lowest BCUT2D eigenvalue weighted by atomic mass is 9.54. The Morgan fingerprint density at radius 1 is 1.19 bits per heavy atom. The van der Waals surface area contributed by atoms with Gasteiger partial charge in [-0.05, 0) is 32.1 Å². The fourth-order valence-corrected chi connectivity index (χ4v) is 5.94. The number of hydrogen-bond donors (Lipinski definition) is 2. The molecule has 0 aromatic rings. The summed E-state index contributed by atoms with van der Waals surface area (Å²) in [6.07, 6.45) is 9.42. The van der Waals surface area contributed by atoms with Crippen LogP contribution in [0, 0.1) is 11.3 Å². The quantitative estimate of drug-likeness (QED) is 0.573. The summed E-state index contributed by atoms with van der Waals surface area (Å²) in [5.74, 6) is 1.68. The molecule has 4 rings (SSSR count). The van der Waals surface area contributed by atoms with E-state index in [-0.39, 0.29) is 0 Å². The van der Waals surface area contributed by atoms with Crippen molar-refractivity contribution in [3.63, 3.8) is 0 Å². The van der Waals surface area contributed by atoms with E-state index in [1.807, 2.05) is 7.05 Å². The van der Waals surface area contributed by atoms with Crippen molar-refractivity contribution in [2.24, 2.45) is 16.3 Å². The summed E-state index contributed by atoms with van der Waals surface area (Å²) < 4.78 is 11.3. The van der Waals surface area contributed by atoms with E-state index in [0.717, 1.165) is 38.8 Å². The number of hydrogen-bond acceptors (Lipinski definition) is 4. The number of fused-ring (bicyclic) bond motifs is 2. The molecule has 4 aliphatic rings. The van der Waals surface area contributed by atoms with E-state index < -0.39 is 0 Å². The first-order valence-corrected chi connectivity index (χ1v) is 10.6. The Balaban J connectivity index is 1.30. The maximum atomic E-state index is 6.11. The fraction of sp³-hybridized carbons (Fsp3) is 0.950. The Hall–Kier alpha value is -0.850. The molecule has 6 heteroatoms. The van der Waals surface area contributed by atoms with Gasteiger partial charge >= 0.3 is 0 Å². The highest BCUT2D eigenvalue weighted by molar-refractivity contribution is 5.80. The zero-order valence-corrected chi connectivity index (χ0v) is 16.5. The summed E-state index contributed by atoms with van der Waals surface area (Å²) in [5, 5.41) is 7.53. The fourth-order valence-electron chi connectivity index (χ4n) is 5.94. The molecule has 2 aliphatic heterocycles. The molecule has 2 N–H and O–H groups in total. The van der Waals surface area contributed by atoms with Gasteiger partial charge in [-0.3, -0.25) is 4.99 Å². The molecule has 0 radical (unpaired) electrons. The second-order valence-corrected chi connectivity index (χ2v) is 8.63. The second kappa shape index (κ2) is 8.03. The predicted molar refractivity (Wildman–Crippen MR) is 104 cm³/mol. The second-order valence-electron chi connectivity index (χ2n) is 8.63. The third-order valence-corrected chi connectivity index (χ3v) is 7.34. The van der Waals surface area contributed by atoms with Gasteiger partial charge in [0.15, 0.2) is 5.96 Å². The number of likely N-dealkylation sites (tertiary alicyclic amines) is 1. The highest BCUT2D eigenvalue weighted by Crippen LogP contribution is 2.60. The normalized spacial score (nSPS) is 34.7. The van der Waals surface area contributed by atoms with E-state index in [0.29, 0.717) is 29.5 Å². The molecule has 3 atom stereocenters. The zero-order valence-electron chi connectivity index (χ0n) is 16.5. The maximum Gasteiger partial charge on any atom is 0.191 e. The van der Waals surface area contributed by atoms with Gasteiger partial charge in [0.2, 0.25) is 0 Å². The van der Waals surface area contributed by atoms with Gasteiger partial charge in [0.25, 0.3) is 0 Å². The van der Waals surface area contributed by atoms with Gasteiger partial charge in [-0.2, -0.15) is 0 Å². The molecule has 2 heterocycles. The van der Waals surface area contributed by atoms with Gasteiger partial charge in [0.05, 0.1) is 12.7 Å². The van der Waals surface area contributed by atoms with E-state index in [1.54, 1.807) is 7.11 Å². The van der Waals surface area contributed by atoms with Crippen molar-refractivity contribution < 1.29 is 9.47 Å². The van der Waals surface area contributed by atoms with Gasteiger partial charge in [-0.15, -0.1) is 0 Å². The van der Waals surface area contributed by atoms with Crippen LogP contribution in [0.2, 0.25) is 0 Å². The SMILES string of the molecule is CN=C(NC1CCN(CCOC)CC1)NC1C2CCOC2C12CCCC2. The Kier molecular flexibility index (Phi) is 5.72. The molecule has 0 aromatic heterocycles. The van der Waals surface area contributed by atoms with Crippen molar-refractivity contribution in [2.45, 2.75) is 63.1 Å². The summed E-state index contributed by atoms with van der Waals surface area (Å²) in [5.41, 5.74) is 0.377. The van der Waals surface area contributed by atoms with Crippen LogP contribution in [0.1, 0.15) is 44.9 Å². The minimum Gasteiger partial charge on any atom is -0.383 e. The number of nitrogens with zero attached hydrogens (tertiary/aromatic N) is 2. The molecule has 1 spiro atoms. The van der Waals surface area contributed by atoms with Crippen molar-refractivity contribution in [2.75, 3.05) is 47.0 Å². The van der Waals surface area contributed by atoms with Crippen LogP contribution in [-0.4, -0.2) is 76.1 Å². The van der Waals surface area contributed by atoms with Crippen LogP contribution < -0.4 is 10.6 Å². The van der Waals surface area contributed by atoms with Gasteiger partial charge in [-0.1, -0.05) is 12.8 Å². The Bertz CT molecular complexity index is 498. The number of ether oxygens (including phenoxy) is 2. The minimum absolute atomic E-state index is 0.377. The third-order valence-electron chi connectivity index (χ3n) is 7.34. The summed E-state index contributed by atoms with van der Waals surface area (Å²) in [6.45, 7) is 5.11. The van der Waals surface area contributed by atoms with E-state index in [1.165, 1.54) is 44.9 Å². The summed E-state index contributed by atoms with van der Waals surface area (Å²) in [7, 11) is 3.69. The van der Waals surface area contributed by atoms with Crippen LogP contribution in [0.25, 0.3) is 0 Å². The van der Waals surface area contributed by atoms with Crippen LogP contribution in [0.5, 0.6) is 0 Å². The average Bonchev–Trinajstić information content (AvgIpc) is 3.33. The first-order chi connectivity index (χ1) is 12.8. The topological polar surface area (TPSA) is 58.1 Å². The predicted octanol–water partition coefficient (Wildman–Crippen LogP) is 1.61. The number of methoxy groups -OCH3 is 1. The van der Waals surface area contributed by atoms with Gasteiger partial charge in [0.1, 0.15) is 0 Å². The molecule has 3 unspecified atom stereocenters. The largest absolute Gasteiger partial charge is 0.383 e.